The van der Waals surface area contributed by atoms with Crippen molar-refractivity contribution in [1.29, 1.82) is 0 Å². The van der Waals surface area contributed by atoms with E-state index in [1.165, 1.54) is 11.1 Å². The molecule has 0 fully saturated rings. The molecule has 29 heavy (non-hydrogen) atoms. The van der Waals surface area contributed by atoms with Gasteiger partial charge in [-0.1, -0.05) is 54.6 Å². The second-order valence-corrected chi connectivity index (χ2v) is 6.97. The molecule has 3 nitrogen and oxygen atoms in total. The second kappa shape index (κ2) is 8.00. The third-order valence-corrected chi connectivity index (χ3v) is 4.99. The van der Waals surface area contributed by atoms with Gasteiger partial charge in [0.1, 0.15) is 0 Å². The van der Waals surface area contributed by atoms with Crippen LogP contribution in [0, 0.1) is 20.4 Å². The lowest BCUT2D eigenvalue weighted by Gasteiger charge is -2.28. The van der Waals surface area contributed by atoms with Gasteiger partial charge in [-0.05, 0) is 60.9 Å². The van der Waals surface area contributed by atoms with Gasteiger partial charge < -0.3 is 4.90 Å². The number of hydrogen-bond acceptors (Lipinski definition) is 2. The molecule has 3 aromatic carbocycles. The van der Waals surface area contributed by atoms with Crippen molar-refractivity contribution in [3.8, 4) is 11.3 Å². The number of aryl methyl sites for hydroxylation is 2. The summed E-state index contributed by atoms with van der Waals surface area (Å²) < 4.78 is 0. The minimum absolute atomic E-state index is 0.615. The molecule has 0 saturated carbocycles. The lowest BCUT2D eigenvalue weighted by Crippen LogP contribution is -2.12. The number of hydrogen-bond donors (Lipinski definition) is 0. The molecule has 0 N–H and O–H groups in total. The number of rotatable bonds is 4. The Balaban J connectivity index is 1.89. The maximum atomic E-state index is 7.28. The Hall–Kier alpha value is -3.90. The van der Waals surface area contributed by atoms with Crippen LogP contribution in [0.3, 0.4) is 0 Å². The molecule has 1 heterocycles. The van der Waals surface area contributed by atoms with Crippen LogP contribution in [0.2, 0.25) is 0 Å². The summed E-state index contributed by atoms with van der Waals surface area (Å²) in [5, 5.41) is 0. The molecule has 0 amide bonds. The van der Waals surface area contributed by atoms with E-state index in [0.29, 0.717) is 5.69 Å². The fraction of sp³-hybridized carbons (Fsp3) is 0.0769. The fourth-order valence-corrected chi connectivity index (χ4v) is 3.49. The van der Waals surface area contributed by atoms with Gasteiger partial charge in [0.15, 0.2) is 5.69 Å². The van der Waals surface area contributed by atoms with E-state index in [1.807, 2.05) is 36.5 Å². The van der Waals surface area contributed by atoms with E-state index in [2.05, 4.69) is 83.2 Å². The number of pyridine rings is 1. The number of para-hydroxylation sites is 2. The van der Waals surface area contributed by atoms with Crippen molar-refractivity contribution < 1.29 is 0 Å². The predicted molar refractivity (Wildman–Crippen MR) is 120 cm³/mol. The molecule has 3 heteroatoms. The average Bonchev–Trinajstić information content (AvgIpc) is 2.77. The lowest BCUT2D eigenvalue weighted by molar-refractivity contribution is 1.21. The van der Waals surface area contributed by atoms with Crippen LogP contribution in [0.4, 0.5) is 22.7 Å². The Kier molecular flexibility index (Phi) is 5.09. The molecule has 0 unspecified atom stereocenters. The number of anilines is 3. The standard InChI is InChI=1S/C26H21N3/c1-19-9-4-6-13-25(19)29(26-14-7-5-10-20(26)2)23-15-16-28-24(18-23)21-11-8-12-22(17-21)27-3/h4-18H,1-2H3. The van der Waals surface area contributed by atoms with Crippen LogP contribution in [0.1, 0.15) is 11.1 Å². The first-order valence-electron chi connectivity index (χ1n) is 9.53. The van der Waals surface area contributed by atoms with Gasteiger partial charge in [0.2, 0.25) is 0 Å². The van der Waals surface area contributed by atoms with Gasteiger partial charge in [-0.2, -0.15) is 0 Å². The zero-order valence-corrected chi connectivity index (χ0v) is 16.5. The normalized spacial score (nSPS) is 10.4. The van der Waals surface area contributed by atoms with Crippen molar-refractivity contribution in [2.75, 3.05) is 4.90 Å². The largest absolute Gasteiger partial charge is 0.310 e. The van der Waals surface area contributed by atoms with E-state index >= 15 is 0 Å². The molecule has 1 aromatic heterocycles. The SMILES string of the molecule is [C-]#[N+]c1cccc(-c2cc(N(c3ccccc3C)c3ccccc3C)ccn2)c1. The van der Waals surface area contributed by atoms with Gasteiger partial charge in [0.05, 0.1) is 12.3 Å². The first-order valence-corrected chi connectivity index (χ1v) is 9.53. The highest BCUT2D eigenvalue weighted by Crippen LogP contribution is 2.39. The maximum absolute atomic E-state index is 7.28. The summed E-state index contributed by atoms with van der Waals surface area (Å²) in [4.78, 5) is 10.4. The third-order valence-electron chi connectivity index (χ3n) is 4.99. The Morgan fingerprint density at radius 2 is 1.41 bits per heavy atom. The molecule has 0 aliphatic carbocycles. The molecule has 0 aliphatic heterocycles. The van der Waals surface area contributed by atoms with Crippen LogP contribution in [-0.2, 0) is 0 Å². The van der Waals surface area contributed by atoms with E-state index in [9.17, 15) is 0 Å². The summed E-state index contributed by atoms with van der Waals surface area (Å²) in [5.74, 6) is 0. The van der Waals surface area contributed by atoms with Crippen LogP contribution in [0.5, 0.6) is 0 Å². The molecule has 0 radical (unpaired) electrons. The summed E-state index contributed by atoms with van der Waals surface area (Å²) in [6.45, 7) is 11.5. The van der Waals surface area contributed by atoms with Crippen molar-refractivity contribution in [3.05, 3.63) is 114 Å². The topological polar surface area (TPSA) is 20.5 Å². The van der Waals surface area contributed by atoms with Crippen LogP contribution in [-0.4, -0.2) is 4.98 Å². The first kappa shape index (κ1) is 18.5. The fourth-order valence-electron chi connectivity index (χ4n) is 3.49. The molecule has 4 aromatic rings. The van der Waals surface area contributed by atoms with Gasteiger partial charge in [-0.15, -0.1) is 0 Å². The van der Waals surface area contributed by atoms with E-state index < -0.39 is 0 Å². The summed E-state index contributed by atoms with van der Waals surface area (Å²) in [7, 11) is 0. The molecule has 0 bridgehead atoms. The number of benzene rings is 3. The van der Waals surface area contributed by atoms with Crippen molar-refractivity contribution in [2.24, 2.45) is 0 Å². The Labute approximate surface area is 171 Å². The van der Waals surface area contributed by atoms with E-state index in [0.717, 1.165) is 28.3 Å². The summed E-state index contributed by atoms with van der Waals surface area (Å²) >= 11 is 0. The van der Waals surface area contributed by atoms with Crippen molar-refractivity contribution in [2.45, 2.75) is 13.8 Å². The van der Waals surface area contributed by atoms with Crippen molar-refractivity contribution in [3.63, 3.8) is 0 Å². The van der Waals surface area contributed by atoms with E-state index in [4.69, 9.17) is 6.57 Å². The molecule has 0 saturated heterocycles. The van der Waals surface area contributed by atoms with Gasteiger partial charge in [-0.25, -0.2) is 4.85 Å². The first-order chi connectivity index (χ1) is 14.2. The molecule has 140 valence electrons. The minimum Gasteiger partial charge on any atom is -0.310 e. The summed E-state index contributed by atoms with van der Waals surface area (Å²) in [5.41, 5.74) is 8.10. The molecule has 4 rings (SSSR count). The second-order valence-electron chi connectivity index (χ2n) is 6.97. The van der Waals surface area contributed by atoms with Gasteiger partial charge in [-0.3, -0.25) is 4.98 Å². The number of aromatic nitrogens is 1. The molecular weight excluding hydrogens is 354 g/mol. The minimum atomic E-state index is 0.615. The molecule has 0 aliphatic rings. The zero-order valence-electron chi connectivity index (χ0n) is 16.5. The highest BCUT2D eigenvalue weighted by atomic mass is 15.1. The Morgan fingerprint density at radius 1 is 0.759 bits per heavy atom. The van der Waals surface area contributed by atoms with Crippen LogP contribution in [0.15, 0.2) is 91.1 Å². The Bertz CT molecular complexity index is 1160. The molecule has 0 spiro atoms. The monoisotopic (exact) mass is 375 g/mol. The maximum Gasteiger partial charge on any atom is 0.187 e. The van der Waals surface area contributed by atoms with Crippen molar-refractivity contribution in [1.82, 2.24) is 4.98 Å². The van der Waals surface area contributed by atoms with Crippen molar-refractivity contribution >= 4 is 22.7 Å². The average molecular weight is 375 g/mol. The van der Waals surface area contributed by atoms with Crippen LogP contribution < -0.4 is 4.90 Å². The number of nitrogens with zero attached hydrogens (tertiary/aromatic N) is 3. The zero-order chi connectivity index (χ0) is 20.2. The Morgan fingerprint density at radius 3 is 2.03 bits per heavy atom. The smallest absolute Gasteiger partial charge is 0.187 e. The molecular formula is C26H21N3. The van der Waals surface area contributed by atoms with E-state index in [1.54, 1.807) is 0 Å². The highest BCUT2D eigenvalue weighted by Gasteiger charge is 2.16. The predicted octanol–water partition coefficient (Wildman–Crippen LogP) is 7.39. The highest BCUT2D eigenvalue weighted by molar-refractivity contribution is 5.81. The molecule has 0 atom stereocenters. The quantitative estimate of drug-likeness (QED) is 0.347. The summed E-state index contributed by atoms with van der Waals surface area (Å²) in [6.07, 6.45) is 1.83. The van der Waals surface area contributed by atoms with Gasteiger partial charge in [0, 0.05) is 23.3 Å². The van der Waals surface area contributed by atoms with Crippen LogP contribution in [0.25, 0.3) is 16.1 Å². The summed E-state index contributed by atoms with van der Waals surface area (Å²) in [6, 6.07) is 28.5. The lowest BCUT2D eigenvalue weighted by atomic mass is 10.1. The van der Waals surface area contributed by atoms with Crippen LogP contribution >= 0.6 is 0 Å². The van der Waals surface area contributed by atoms with Gasteiger partial charge >= 0.3 is 0 Å². The third kappa shape index (κ3) is 3.74. The van der Waals surface area contributed by atoms with E-state index in [-0.39, 0.29) is 0 Å². The van der Waals surface area contributed by atoms with Gasteiger partial charge in [0.25, 0.3) is 0 Å².